The first-order chi connectivity index (χ1) is 11.2. The number of methoxy groups -OCH3 is 1. The van der Waals surface area contributed by atoms with Crippen molar-refractivity contribution in [2.75, 3.05) is 7.11 Å². The van der Waals surface area contributed by atoms with E-state index in [0.717, 1.165) is 16.7 Å². The number of rotatable bonds is 3. The predicted molar refractivity (Wildman–Crippen MR) is 86.6 cm³/mol. The van der Waals surface area contributed by atoms with Crippen LogP contribution in [0.25, 0.3) is 5.57 Å². The third-order valence-corrected chi connectivity index (χ3v) is 3.90. The quantitative estimate of drug-likeness (QED) is 0.886. The number of primary amides is 1. The molecule has 2 aromatic carbocycles. The molecule has 0 fully saturated rings. The van der Waals surface area contributed by atoms with Gasteiger partial charge in [0, 0.05) is 5.57 Å². The molecule has 0 unspecified atom stereocenters. The van der Waals surface area contributed by atoms with Gasteiger partial charge in [0.1, 0.15) is 5.75 Å². The van der Waals surface area contributed by atoms with Crippen LogP contribution in [0.1, 0.15) is 16.7 Å². The van der Waals surface area contributed by atoms with Gasteiger partial charge in [0.05, 0.1) is 19.4 Å². The molecule has 0 saturated carbocycles. The molecule has 116 valence electrons. The molecule has 0 radical (unpaired) electrons. The number of hydrogen-bond acceptors (Lipinski definition) is 3. The number of ether oxygens (including phenoxy) is 1. The fourth-order valence-corrected chi connectivity index (χ4v) is 2.81. The summed E-state index contributed by atoms with van der Waals surface area (Å²) in [7, 11) is 1.59. The van der Waals surface area contributed by atoms with Gasteiger partial charge in [0.2, 0.25) is 0 Å². The Balaban J connectivity index is 2.31. The molecule has 1 aliphatic rings. The van der Waals surface area contributed by atoms with E-state index >= 15 is 0 Å². The molecule has 0 bridgehead atoms. The van der Waals surface area contributed by atoms with Gasteiger partial charge in [-0.05, 0) is 28.8 Å². The molecule has 0 atom stereocenters. The van der Waals surface area contributed by atoms with Gasteiger partial charge in [-0.15, -0.1) is 0 Å². The number of amides is 2. The number of carbonyl (C=O) groups is 2. The summed E-state index contributed by atoms with van der Waals surface area (Å²) in [6, 6.07) is 14.4. The fourth-order valence-electron chi connectivity index (χ4n) is 2.81. The van der Waals surface area contributed by atoms with Crippen molar-refractivity contribution in [3.8, 4) is 5.75 Å². The van der Waals surface area contributed by atoms with E-state index in [-0.39, 0.29) is 12.2 Å². The highest BCUT2D eigenvalue weighted by Crippen LogP contribution is 2.37. The summed E-state index contributed by atoms with van der Waals surface area (Å²) in [5.41, 5.74) is 9.03. The summed E-state index contributed by atoms with van der Waals surface area (Å²) < 4.78 is 5.29. The van der Waals surface area contributed by atoms with Crippen LogP contribution in [-0.4, -0.2) is 24.3 Å². The zero-order chi connectivity index (χ0) is 16.4. The molecule has 23 heavy (non-hydrogen) atoms. The van der Waals surface area contributed by atoms with Gasteiger partial charge in [-0.1, -0.05) is 36.4 Å². The second-order valence-corrected chi connectivity index (χ2v) is 5.19. The van der Waals surface area contributed by atoms with E-state index in [1.807, 2.05) is 48.5 Å². The van der Waals surface area contributed by atoms with Crippen molar-refractivity contribution in [1.82, 2.24) is 4.90 Å². The fraction of sp³-hybridized carbons (Fsp3) is 0.111. The number of fused-ring (bicyclic) bond motifs is 1. The largest absolute Gasteiger partial charge is 0.497 e. The molecule has 1 heterocycles. The van der Waals surface area contributed by atoms with Crippen molar-refractivity contribution >= 4 is 17.9 Å². The van der Waals surface area contributed by atoms with Crippen LogP contribution < -0.4 is 10.5 Å². The van der Waals surface area contributed by atoms with Gasteiger partial charge in [0.15, 0.2) is 6.29 Å². The Labute approximate surface area is 134 Å². The summed E-state index contributed by atoms with van der Waals surface area (Å²) in [6.07, 6.45) is 0.676. The minimum Gasteiger partial charge on any atom is -0.497 e. The maximum atomic E-state index is 11.8. The van der Waals surface area contributed by atoms with E-state index in [2.05, 4.69) is 0 Å². The molecule has 1 aliphatic heterocycles. The number of aldehydes is 1. The first-order valence-electron chi connectivity index (χ1n) is 7.15. The highest BCUT2D eigenvalue weighted by atomic mass is 16.5. The van der Waals surface area contributed by atoms with Gasteiger partial charge in [-0.3, -0.25) is 9.69 Å². The van der Waals surface area contributed by atoms with Crippen LogP contribution in [0.15, 0.2) is 54.2 Å². The second kappa shape index (κ2) is 5.96. The molecule has 5 nitrogen and oxygen atoms in total. The van der Waals surface area contributed by atoms with Crippen LogP contribution >= 0.6 is 0 Å². The highest BCUT2D eigenvalue weighted by molar-refractivity contribution is 6.00. The van der Waals surface area contributed by atoms with E-state index in [1.165, 1.54) is 4.90 Å². The van der Waals surface area contributed by atoms with Crippen LogP contribution in [0, 0.1) is 0 Å². The summed E-state index contributed by atoms with van der Waals surface area (Å²) in [5.74, 6) is 0.690. The van der Waals surface area contributed by atoms with Crippen LogP contribution in [0.3, 0.4) is 0 Å². The van der Waals surface area contributed by atoms with Crippen LogP contribution in [0.2, 0.25) is 0 Å². The first kappa shape index (κ1) is 14.8. The Hall–Kier alpha value is -3.08. The minimum atomic E-state index is -0.651. The molecule has 3 rings (SSSR count). The number of nitrogens with two attached hydrogens (primary N) is 1. The van der Waals surface area contributed by atoms with Crippen molar-refractivity contribution in [1.29, 1.82) is 0 Å². The zero-order valence-corrected chi connectivity index (χ0v) is 12.7. The molecule has 2 aromatic rings. The lowest BCUT2D eigenvalue weighted by Gasteiger charge is -2.30. The SMILES string of the molecule is COc1ccc2c(c1)C(c1ccccc1)=C(C=O)N(C(N)=O)C2. The predicted octanol–water partition coefficient (Wildman–Crippen LogP) is 2.55. The topological polar surface area (TPSA) is 72.6 Å². The van der Waals surface area contributed by atoms with E-state index < -0.39 is 6.03 Å². The molecule has 0 aliphatic carbocycles. The average molecular weight is 308 g/mol. The monoisotopic (exact) mass is 308 g/mol. The Bertz CT molecular complexity index is 797. The van der Waals surface area contributed by atoms with Gasteiger partial charge in [0.25, 0.3) is 0 Å². The Morgan fingerprint density at radius 3 is 2.57 bits per heavy atom. The average Bonchev–Trinajstić information content (AvgIpc) is 2.60. The van der Waals surface area contributed by atoms with Crippen molar-refractivity contribution in [3.05, 3.63) is 70.9 Å². The van der Waals surface area contributed by atoms with Crippen LogP contribution in [0.4, 0.5) is 4.79 Å². The minimum absolute atomic E-state index is 0.263. The number of nitrogens with zero attached hydrogens (tertiary/aromatic N) is 1. The first-order valence-corrected chi connectivity index (χ1v) is 7.15. The van der Waals surface area contributed by atoms with E-state index in [0.29, 0.717) is 17.6 Å². The second-order valence-electron chi connectivity index (χ2n) is 5.19. The van der Waals surface area contributed by atoms with Gasteiger partial charge >= 0.3 is 6.03 Å². The number of hydrogen-bond donors (Lipinski definition) is 1. The summed E-state index contributed by atoms with van der Waals surface area (Å²) in [4.78, 5) is 24.7. The van der Waals surface area contributed by atoms with E-state index in [4.69, 9.17) is 10.5 Å². The van der Waals surface area contributed by atoms with E-state index in [1.54, 1.807) is 7.11 Å². The number of allylic oxidation sites excluding steroid dienone is 1. The summed E-state index contributed by atoms with van der Waals surface area (Å²) in [6.45, 7) is 0.263. The molecular formula is C18H16N2O3. The molecular weight excluding hydrogens is 292 g/mol. The summed E-state index contributed by atoms with van der Waals surface area (Å²) >= 11 is 0. The third kappa shape index (κ3) is 2.57. The molecule has 0 saturated heterocycles. The van der Waals surface area contributed by atoms with Gasteiger partial charge in [-0.25, -0.2) is 4.79 Å². The Morgan fingerprint density at radius 2 is 1.96 bits per heavy atom. The van der Waals surface area contributed by atoms with Crippen LogP contribution in [-0.2, 0) is 11.3 Å². The van der Waals surface area contributed by atoms with Gasteiger partial charge in [-0.2, -0.15) is 0 Å². The highest BCUT2D eigenvalue weighted by Gasteiger charge is 2.28. The lowest BCUT2D eigenvalue weighted by atomic mass is 9.88. The van der Waals surface area contributed by atoms with E-state index in [9.17, 15) is 9.59 Å². The lowest BCUT2D eigenvalue weighted by molar-refractivity contribution is -0.106. The molecule has 0 spiro atoms. The number of carbonyl (C=O) groups excluding carboxylic acids is 2. The maximum Gasteiger partial charge on any atom is 0.319 e. The zero-order valence-electron chi connectivity index (χ0n) is 12.7. The summed E-state index contributed by atoms with van der Waals surface area (Å²) in [5, 5.41) is 0. The van der Waals surface area contributed by atoms with Crippen molar-refractivity contribution in [2.45, 2.75) is 6.54 Å². The third-order valence-electron chi connectivity index (χ3n) is 3.90. The number of benzene rings is 2. The normalized spacial score (nSPS) is 13.5. The standard InChI is InChI=1S/C18H16N2O3/c1-23-14-8-7-13-10-20(18(19)22)16(11-21)17(15(13)9-14)12-5-3-2-4-6-12/h2-9,11H,10H2,1H3,(H2,19,22). The Kier molecular flexibility index (Phi) is 3.85. The Morgan fingerprint density at radius 1 is 1.22 bits per heavy atom. The smallest absolute Gasteiger partial charge is 0.319 e. The lowest BCUT2D eigenvalue weighted by Crippen LogP contribution is -2.38. The van der Waals surface area contributed by atoms with Gasteiger partial charge < -0.3 is 10.5 Å². The van der Waals surface area contributed by atoms with Crippen molar-refractivity contribution < 1.29 is 14.3 Å². The van der Waals surface area contributed by atoms with Crippen molar-refractivity contribution in [3.63, 3.8) is 0 Å². The maximum absolute atomic E-state index is 11.8. The van der Waals surface area contributed by atoms with Crippen LogP contribution in [0.5, 0.6) is 5.75 Å². The molecule has 5 heteroatoms. The number of urea groups is 1. The molecule has 2 amide bonds. The molecule has 2 N–H and O–H groups in total. The molecule has 0 aromatic heterocycles. The van der Waals surface area contributed by atoms with Crippen molar-refractivity contribution in [2.24, 2.45) is 5.73 Å².